The van der Waals surface area contributed by atoms with E-state index in [1.54, 1.807) is 7.11 Å². The third-order valence-electron chi connectivity index (χ3n) is 6.56. The van der Waals surface area contributed by atoms with Gasteiger partial charge in [-0.2, -0.15) is 0 Å². The maximum absolute atomic E-state index is 6.00. The van der Waals surface area contributed by atoms with Gasteiger partial charge in [0, 0.05) is 58.6 Å². The lowest BCUT2D eigenvalue weighted by molar-refractivity contribution is 0.00984. The summed E-state index contributed by atoms with van der Waals surface area (Å²) in [7, 11) is 3.62. The number of nitrogens with one attached hydrogen (secondary N) is 2. The molecule has 2 rings (SSSR count). The first-order chi connectivity index (χ1) is 15.1. The maximum Gasteiger partial charge on any atom is 0.193 e. The minimum Gasteiger partial charge on any atom is -0.385 e. The van der Waals surface area contributed by atoms with Crippen LogP contribution in [-0.4, -0.2) is 69.5 Å². The number of likely N-dealkylation sites (tertiary alicyclic amines) is 1. The molecular formula is C25H44N4O2. The van der Waals surface area contributed by atoms with Gasteiger partial charge in [0.25, 0.3) is 0 Å². The highest BCUT2D eigenvalue weighted by atomic mass is 16.5. The van der Waals surface area contributed by atoms with E-state index in [0.717, 1.165) is 70.9 Å². The van der Waals surface area contributed by atoms with Crippen LogP contribution in [0.15, 0.2) is 35.3 Å². The third-order valence-corrected chi connectivity index (χ3v) is 6.56. The van der Waals surface area contributed by atoms with Crippen LogP contribution in [-0.2, 0) is 9.47 Å². The molecule has 0 spiro atoms. The summed E-state index contributed by atoms with van der Waals surface area (Å²) in [5.41, 5.74) is 1.35. The van der Waals surface area contributed by atoms with Crippen LogP contribution >= 0.6 is 0 Å². The Morgan fingerprint density at radius 3 is 2.42 bits per heavy atom. The molecule has 0 aliphatic carbocycles. The summed E-state index contributed by atoms with van der Waals surface area (Å²) >= 11 is 0. The summed E-state index contributed by atoms with van der Waals surface area (Å²) in [6, 6.07) is 11.0. The SMILES string of the molecule is CCC(CC)(CNC(=NC)N1CCC(OCCCOC)CC1)NC(C)c1ccccc1. The van der Waals surface area contributed by atoms with Crippen LogP contribution < -0.4 is 10.6 Å². The second-order valence-corrected chi connectivity index (χ2v) is 8.57. The Bertz CT molecular complexity index is 626. The first kappa shape index (κ1) is 25.6. The van der Waals surface area contributed by atoms with Crippen molar-refractivity contribution in [3.8, 4) is 0 Å². The van der Waals surface area contributed by atoms with Crippen LogP contribution in [0.4, 0.5) is 0 Å². The van der Waals surface area contributed by atoms with Gasteiger partial charge in [0.1, 0.15) is 0 Å². The number of aliphatic imine (C=N–C) groups is 1. The van der Waals surface area contributed by atoms with Crippen LogP contribution in [0.5, 0.6) is 0 Å². The Morgan fingerprint density at radius 2 is 1.84 bits per heavy atom. The number of benzene rings is 1. The molecule has 0 radical (unpaired) electrons. The van der Waals surface area contributed by atoms with Crippen LogP contribution in [0.3, 0.4) is 0 Å². The summed E-state index contributed by atoms with van der Waals surface area (Å²) in [6.45, 7) is 11.2. The first-order valence-corrected chi connectivity index (χ1v) is 12.0. The minimum atomic E-state index is 0.0218. The zero-order chi connectivity index (χ0) is 22.5. The lowest BCUT2D eigenvalue weighted by Gasteiger charge is -2.39. The van der Waals surface area contributed by atoms with Crippen molar-refractivity contribution < 1.29 is 9.47 Å². The molecule has 1 aliphatic heterocycles. The van der Waals surface area contributed by atoms with Crippen molar-refractivity contribution in [1.29, 1.82) is 0 Å². The topological polar surface area (TPSA) is 58.1 Å². The van der Waals surface area contributed by atoms with Crippen LogP contribution in [0.2, 0.25) is 0 Å². The van der Waals surface area contributed by atoms with E-state index in [2.05, 4.69) is 71.6 Å². The smallest absolute Gasteiger partial charge is 0.193 e. The van der Waals surface area contributed by atoms with Gasteiger partial charge in [-0.1, -0.05) is 44.2 Å². The van der Waals surface area contributed by atoms with Gasteiger partial charge in [-0.25, -0.2) is 0 Å². The second-order valence-electron chi connectivity index (χ2n) is 8.57. The molecule has 176 valence electrons. The molecule has 0 saturated carbocycles. The van der Waals surface area contributed by atoms with Gasteiger partial charge in [0.05, 0.1) is 6.10 Å². The van der Waals surface area contributed by atoms with E-state index in [-0.39, 0.29) is 5.54 Å². The lowest BCUT2D eigenvalue weighted by Crippen LogP contribution is -2.56. The van der Waals surface area contributed by atoms with E-state index < -0.39 is 0 Å². The summed E-state index contributed by atoms with van der Waals surface area (Å²) in [5, 5.41) is 7.57. The van der Waals surface area contributed by atoms with Crippen molar-refractivity contribution in [2.24, 2.45) is 4.99 Å². The molecule has 1 fully saturated rings. The van der Waals surface area contributed by atoms with Gasteiger partial charge in [0.2, 0.25) is 0 Å². The molecule has 31 heavy (non-hydrogen) atoms. The molecule has 6 nitrogen and oxygen atoms in total. The van der Waals surface area contributed by atoms with E-state index in [1.807, 2.05) is 7.05 Å². The zero-order valence-electron chi connectivity index (χ0n) is 20.3. The quantitative estimate of drug-likeness (QED) is 0.297. The molecular weight excluding hydrogens is 388 g/mol. The Morgan fingerprint density at radius 1 is 1.16 bits per heavy atom. The summed E-state index contributed by atoms with van der Waals surface area (Å²) in [4.78, 5) is 6.95. The fourth-order valence-electron chi connectivity index (χ4n) is 4.31. The fourth-order valence-corrected chi connectivity index (χ4v) is 4.31. The molecule has 1 saturated heterocycles. The molecule has 2 N–H and O–H groups in total. The van der Waals surface area contributed by atoms with Crippen molar-refractivity contribution in [2.75, 3.05) is 47.0 Å². The number of guanidine groups is 1. The molecule has 1 atom stereocenters. The largest absolute Gasteiger partial charge is 0.385 e. The molecule has 6 heteroatoms. The van der Waals surface area contributed by atoms with E-state index >= 15 is 0 Å². The van der Waals surface area contributed by atoms with E-state index in [1.165, 1.54) is 5.56 Å². The summed E-state index contributed by atoms with van der Waals surface area (Å²) in [5.74, 6) is 0.998. The lowest BCUT2D eigenvalue weighted by atomic mass is 9.90. The monoisotopic (exact) mass is 432 g/mol. The number of hydrogen-bond acceptors (Lipinski definition) is 4. The number of ether oxygens (including phenoxy) is 2. The fraction of sp³-hybridized carbons (Fsp3) is 0.720. The normalized spacial score (nSPS) is 17.1. The molecule has 0 amide bonds. The zero-order valence-corrected chi connectivity index (χ0v) is 20.3. The van der Waals surface area contributed by atoms with Gasteiger partial charge in [-0.15, -0.1) is 0 Å². The first-order valence-electron chi connectivity index (χ1n) is 12.0. The molecule has 1 aromatic carbocycles. The van der Waals surface area contributed by atoms with Crippen molar-refractivity contribution in [1.82, 2.24) is 15.5 Å². The highest BCUT2D eigenvalue weighted by molar-refractivity contribution is 5.80. The molecule has 1 heterocycles. The third kappa shape index (κ3) is 8.09. The molecule has 1 unspecified atom stereocenters. The molecule has 1 aromatic rings. The van der Waals surface area contributed by atoms with Crippen LogP contribution in [0.25, 0.3) is 0 Å². The summed E-state index contributed by atoms with van der Waals surface area (Å²) < 4.78 is 11.1. The average molecular weight is 433 g/mol. The highest BCUT2D eigenvalue weighted by Gasteiger charge is 2.29. The summed E-state index contributed by atoms with van der Waals surface area (Å²) in [6.07, 6.45) is 5.52. The predicted octanol–water partition coefficient (Wildman–Crippen LogP) is 3.99. The maximum atomic E-state index is 6.00. The molecule has 1 aliphatic rings. The Balaban J connectivity index is 1.86. The standard InChI is InChI=1S/C25H44N4O2/c1-6-25(7-2,28-21(3)22-12-9-8-10-13-22)20-27-24(26-4)29-16-14-23(15-17-29)31-19-11-18-30-5/h8-10,12-13,21,23,28H,6-7,11,14-20H2,1-5H3,(H,26,27). The Kier molecular flexibility index (Phi) is 11.3. The number of nitrogens with zero attached hydrogens (tertiary/aromatic N) is 2. The van der Waals surface area contributed by atoms with Gasteiger partial charge < -0.3 is 25.0 Å². The van der Waals surface area contributed by atoms with Crippen LogP contribution in [0, 0.1) is 0 Å². The van der Waals surface area contributed by atoms with Gasteiger partial charge in [-0.3, -0.25) is 4.99 Å². The van der Waals surface area contributed by atoms with Crippen molar-refractivity contribution in [3.63, 3.8) is 0 Å². The number of methoxy groups -OCH3 is 1. The average Bonchev–Trinajstić information content (AvgIpc) is 2.82. The number of piperidine rings is 1. The van der Waals surface area contributed by atoms with E-state index in [9.17, 15) is 0 Å². The molecule has 0 bridgehead atoms. The van der Waals surface area contributed by atoms with Crippen molar-refractivity contribution in [3.05, 3.63) is 35.9 Å². The highest BCUT2D eigenvalue weighted by Crippen LogP contribution is 2.22. The van der Waals surface area contributed by atoms with Gasteiger partial charge >= 0.3 is 0 Å². The predicted molar refractivity (Wildman–Crippen MR) is 130 cm³/mol. The van der Waals surface area contributed by atoms with E-state index in [4.69, 9.17) is 9.47 Å². The van der Waals surface area contributed by atoms with Crippen molar-refractivity contribution >= 4 is 5.96 Å². The minimum absolute atomic E-state index is 0.0218. The number of rotatable bonds is 12. The van der Waals surface area contributed by atoms with E-state index in [0.29, 0.717) is 12.1 Å². The van der Waals surface area contributed by atoms with Gasteiger partial charge in [0.15, 0.2) is 5.96 Å². The van der Waals surface area contributed by atoms with Gasteiger partial charge in [-0.05, 0) is 44.6 Å². The van der Waals surface area contributed by atoms with Crippen molar-refractivity contribution in [2.45, 2.75) is 70.6 Å². The number of hydrogen-bond donors (Lipinski definition) is 2. The Hall–Kier alpha value is -1.63. The van der Waals surface area contributed by atoms with Crippen LogP contribution in [0.1, 0.15) is 64.5 Å². The Labute approximate surface area is 189 Å². The molecule has 0 aromatic heterocycles. The second kappa shape index (κ2) is 13.7.